The Kier molecular flexibility index (Phi) is 5.16. The summed E-state index contributed by atoms with van der Waals surface area (Å²) in [6, 6.07) is 10.4. The Morgan fingerprint density at radius 1 is 0.958 bits per heavy atom. The lowest BCUT2D eigenvalue weighted by Crippen LogP contribution is -2.15. The fourth-order valence-corrected chi connectivity index (χ4v) is 3.13. The Hall–Kier alpha value is -1.52. The third-order valence-corrected chi connectivity index (χ3v) is 4.75. The Balaban J connectivity index is 1.84. The largest absolute Gasteiger partial charge is 0.423 e. The highest BCUT2D eigenvalue weighted by atomic mass is 35.5. The number of hydrogen-bond acceptors (Lipinski definition) is 3. The van der Waals surface area contributed by atoms with Crippen molar-refractivity contribution in [1.29, 1.82) is 0 Å². The standard InChI is InChI=1S/C18H14Cl3NO2/c1-10-4-17-14(7-15(10)20)12(5-18(23)24-17)9-22-8-11-2-3-13(19)6-16(11)21/h2-7,22H,8-9H2,1H3. The summed E-state index contributed by atoms with van der Waals surface area (Å²) in [5, 5.41) is 5.94. The molecule has 1 N–H and O–H groups in total. The molecule has 0 atom stereocenters. The van der Waals surface area contributed by atoms with Crippen molar-refractivity contribution in [2.24, 2.45) is 0 Å². The van der Waals surface area contributed by atoms with Crippen molar-refractivity contribution in [1.82, 2.24) is 5.32 Å². The molecule has 6 heteroatoms. The van der Waals surface area contributed by atoms with Crippen molar-refractivity contribution in [2.75, 3.05) is 0 Å². The van der Waals surface area contributed by atoms with E-state index in [1.54, 1.807) is 18.2 Å². The molecule has 0 saturated carbocycles. The first-order valence-corrected chi connectivity index (χ1v) is 8.45. The van der Waals surface area contributed by atoms with Gasteiger partial charge in [0, 0.05) is 39.6 Å². The average molecular weight is 383 g/mol. The molecule has 0 aliphatic heterocycles. The lowest BCUT2D eigenvalue weighted by atomic mass is 10.1. The van der Waals surface area contributed by atoms with Crippen LogP contribution in [-0.4, -0.2) is 0 Å². The van der Waals surface area contributed by atoms with Gasteiger partial charge < -0.3 is 9.73 Å². The second-order valence-electron chi connectivity index (χ2n) is 5.53. The molecule has 3 rings (SSSR count). The monoisotopic (exact) mass is 381 g/mol. The van der Waals surface area contributed by atoms with Crippen molar-refractivity contribution in [2.45, 2.75) is 20.0 Å². The van der Waals surface area contributed by atoms with Gasteiger partial charge in [-0.15, -0.1) is 0 Å². The predicted molar refractivity (Wildman–Crippen MR) is 99.2 cm³/mol. The molecule has 1 aromatic heterocycles. The maximum atomic E-state index is 11.8. The maximum absolute atomic E-state index is 11.8. The van der Waals surface area contributed by atoms with E-state index in [0.29, 0.717) is 33.7 Å². The first-order chi connectivity index (χ1) is 11.4. The molecule has 1 heterocycles. The van der Waals surface area contributed by atoms with Crippen LogP contribution in [0, 0.1) is 6.92 Å². The van der Waals surface area contributed by atoms with Gasteiger partial charge in [0.2, 0.25) is 0 Å². The third-order valence-electron chi connectivity index (χ3n) is 3.76. The van der Waals surface area contributed by atoms with Crippen LogP contribution in [0.1, 0.15) is 16.7 Å². The van der Waals surface area contributed by atoms with Crippen molar-refractivity contribution < 1.29 is 4.42 Å². The van der Waals surface area contributed by atoms with Crippen LogP contribution in [0.25, 0.3) is 11.0 Å². The highest BCUT2D eigenvalue weighted by molar-refractivity contribution is 6.35. The Labute approximate surface area is 154 Å². The van der Waals surface area contributed by atoms with Gasteiger partial charge in [-0.25, -0.2) is 4.79 Å². The van der Waals surface area contributed by atoms with Gasteiger partial charge in [-0.2, -0.15) is 0 Å². The van der Waals surface area contributed by atoms with E-state index in [9.17, 15) is 4.79 Å². The van der Waals surface area contributed by atoms with Crippen molar-refractivity contribution in [3.05, 3.63) is 78.6 Å². The smallest absolute Gasteiger partial charge is 0.336 e. The molecule has 0 spiro atoms. The zero-order valence-electron chi connectivity index (χ0n) is 12.8. The van der Waals surface area contributed by atoms with Crippen molar-refractivity contribution in [3.63, 3.8) is 0 Å². The van der Waals surface area contributed by atoms with Crippen LogP contribution in [0.3, 0.4) is 0 Å². The van der Waals surface area contributed by atoms with Gasteiger partial charge >= 0.3 is 5.63 Å². The normalized spacial score (nSPS) is 11.2. The van der Waals surface area contributed by atoms with Crippen molar-refractivity contribution >= 4 is 45.8 Å². The average Bonchev–Trinajstić information content (AvgIpc) is 2.51. The summed E-state index contributed by atoms with van der Waals surface area (Å²) in [5.41, 5.74) is 2.78. The van der Waals surface area contributed by atoms with E-state index in [4.69, 9.17) is 39.2 Å². The summed E-state index contributed by atoms with van der Waals surface area (Å²) in [5.74, 6) is 0. The summed E-state index contributed by atoms with van der Waals surface area (Å²) >= 11 is 18.3. The van der Waals surface area contributed by atoms with Crippen LogP contribution in [0.5, 0.6) is 0 Å². The number of benzene rings is 2. The minimum atomic E-state index is -0.384. The lowest BCUT2D eigenvalue weighted by molar-refractivity contribution is 0.556. The molecule has 3 nitrogen and oxygen atoms in total. The fourth-order valence-electron chi connectivity index (χ4n) is 2.49. The molecule has 0 aliphatic rings. The van der Waals surface area contributed by atoms with E-state index in [-0.39, 0.29) is 5.63 Å². The summed E-state index contributed by atoms with van der Waals surface area (Å²) in [7, 11) is 0. The molecule has 0 radical (unpaired) electrons. The summed E-state index contributed by atoms with van der Waals surface area (Å²) in [4.78, 5) is 11.8. The lowest BCUT2D eigenvalue weighted by Gasteiger charge is -2.10. The van der Waals surface area contributed by atoms with Gasteiger partial charge in [0.25, 0.3) is 0 Å². The van der Waals surface area contributed by atoms with E-state index in [0.717, 1.165) is 22.1 Å². The molecule has 0 aliphatic carbocycles. The maximum Gasteiger partial charge on any atom is 0.336 e. The number of halogens is 3. The fraction of sp³-hybridized carbons (Fsp3) is 0.167. The van der Waals surface area contributed by atoms with E-state index < -0.39 is 0 Å². The molecule has 24 heavy (non-hydrogen) atoms. The zero-order chi connectivity index (χ0) is 17.3. The number of hydrogen-bond donors (Lipinski definition) is 1. The summed E-state index contributed by atoms with van der Waals surface area (Å²) < 4.78 is 5.26. The predicted octanol–water partition coefficient (Wildman–Crippen LogP) is 5.35. The van der Waals surface area contributed by atoms with E-state index in [1.807, 2.05) is 19.1 Å². The molecule has 0 saturated heterocycles. The summed E-state index contributed by atoms with van der Waals surface area (Å²) in [6.45, 7) is 2.91. The van der Waals surface area contributed by atoms with Crippen molar-refractivity contribution in [3.8, 4) is 0 Å². The Morgan fingerprint density at radius 3 is 2.46 bits per heavy atom. The second-order valence-corrected chi connectivity index (χ2v) is 6.78. The third kappa shape index (κ3) is 3.76. The van der Waals surface area contributed by atoms with Gasteiger partial charge in [0.05, 0.1) is 0 Å². The minimum Gasteiger partial charge on any atom is -0.423 e. The number of aryl methyl sites for hydroxylation is 1. The highest BCUT2D eigenvalue weighted by Crippen LogP contribution is 2.25. The topological polar surface area (TPSA) is 42.2 Å². The molecule has 124 valence electrons. The van der Waals surface area contributed by atoms with Gasteiger partial charge in [-0.05, 0) is 47.9 Å². The van der Waals surface area contributed by atoms with Crippen LogP contribution in [0.15, 0.2) is 45.6 Å². The zero-order valence-corrected chi connectivity index (χ0v) is 15.1. The van der Waals surface area contributed by atoms with Crippen LogP contribution < -0.4 is 10.9 Å². The number of fused-ring (bicyclic) bond motifs is 1. The Morgan fingerprint density at radius 2 is 1.71 bits per heavy atom. The molecular formula is C18H14Cl3NO2. The number of rotatable bonds is 4. The van der Waals surface area contributed by atoms with Gasteiger partial charge in [-0.3, -0.25) is 0 Å². The van der Waals surface area contributed by atoms with Gasteiger partial charge in [0.1, 0.15) is 5.58 Å². The first-order valence-electron chi connectivity index (χ1n) is 7.31. The van der Waals surface area contributed by atoms with E-state index >= 15 is 0 Å². The van der Waals surface area contributed by atoms with Gasteiger partial charge in [-0.1, -0.05) is 40.9 Å². The molecule has 0 unspecified atom stereocenters. The van der Waals surface area contributed by atoms with E-state index in [1.165, 1.54) is 6.07 Å². The molecule has 0 amide bonds. The van der Waals surface area contributed by atoms with Gasteiger partial charge in [0.15, 0.2) is 0 Å². The number of nitrogens with one attached hydrogen (secondary N) is 1. The van der Waals surface area contributed by atoms with Crippen LogP contribution >= 0.6 is 34.8 Å². The molecular weight excluding hydrogens is 369 g/mol. The van der Waals surface area contributed by atoms with E-state index in [2.05, 4.69) is 5.32 Å². The molecule has 3 aromatic rings. The Bertz CT molecular complexity index is 966. The highest BCUT2D eigenvalue weighted by Gasteiger charge is 2.09. The molecule has 0 bridgehead atoms. The minimum absolute atomic E-state index is 0.384. The van der Waals surface area contributed by atoms with Crippen LogP contribution in [0.4, 0.5) is 0 Å². The van der Waals surface area contributed by atoms with Crippen LogP contribution in [0.2, 0.25) is 15.1 Å². The molecule has 0 fully saturated rings. The SMILES string of the molecule is Cc1cc2oc(=O)cc(CNCc3ccc(Cl)cc3Cl)c2cc1Cl. The molecule has 2 aromatic carbocycles. The first kappa shape index (κ1) is 17.3. The summed E-state index contributed by atoms with van der Waals surface area (Å²) in [6.07, 6.45) is 0. The quantitative estimate of drug-likeness (QED) is 0.618. The second kappa shape index (κ2) is 7.16. The van der Waals surface area contributed by atoms with Crippen LogP contribution in [-0.2, 0) is 13.1 Å².